The third-order valence-electron chi connectivity index (χ3n) is 8.57. The monoisotopic (exact) mass is 320 g/mol. The summed E-state index contributed by atoms with van der Waals surface area (Å²) in [6.45, 7) is 6.50. The summed E-state index contributed by atoms with van der Waals surface area (Å²) < 4.78 is 0. The Morgan fingerprint density at radius 2 is 1.83 bits per heavy atom. The molecule has 0 aromatic rings. The van der Waals surface area contributed by atoms with Gasteiger partial charge < -0.3 is 15.3 Å². The highest BCUT2D eigenvalue weighted by Gasteiger charge is 2.64. The summed E-state index contributed by atoms with van der Waals surface area (Å²) in [7, 11) is 0. The van der Waals surface area contributed by atoms with Gasteiger partial charge in [0.25, 0.3) is 0 Å². The molecule has 0 amide bonds. The molecule has 0 radical (unpaired) electrons. The lowest BCUT2D eigenvalue weighted by atomic mass is 9.46. The van der Waals surface area contributed by atoms with Crippen molar-refractivity contribution >= 4 is 0 Å². The Balaban J connectivity index is 1.74. The Bertz CT molecular complexity index is 539. The van der Waals surface area contributed by atoms with Crippen LogP contribution in [0.2, 0.25) is 0 Å². The fourth-order valence-electron chi connectivity index (χ4n) is 6.99. The van der Waals surface area contributed by atoms with Crippen LogP contribution in [0.1, 0.15) is 65.7 Å². The number of hydrogen-bond acceptors (Lipinski definition) is 3. The maximum atomic E-state index is 11.1. The molecule has 0 aromatic heterocycles. The molecule has 3 heteroatoms. The van der Waals surface area contributed by atoms with Gasteiger partial charge in [0, 0.05) is 5.41 Å². The van der Waals surface area contributed by atoms with Gasteiger partial charge >= 0.3 is 0 Å². The fraction of sp³-hybridized carbons (Fsp3) is 0.900. The van der Waals surface area contributed by atoms with Crippen LogP contribution in [0.4, 0.5) is 0 Å². The van der Waals surface area contributed by atoms with Crippen molar-refractivity contribution in [2.24, 2.45) is 28.6 Å². The predicted molar refractivity (Wildman–Crippen MR) is 89.7 cm³/mol. The van der Waals surface area contributed by atoms with Crippen molar-refractivity contribution in [3.63, 3.8) is 0 Å². The van der Waals surface area contributed by atoms with Crippen molar-refractivity contribution in [2.45, 2.75) is 83.5 Å². The molecule has 3 saturated carbocycles. The maximum Gasteiger partial charge on any atom is 0.0676 e. The van der Waals surface area contributed by atoms with Crippen molar-refractivity contribution < 1.29 is 15.3 Å². The van der Waals surface area contributed by atoms with Crippen LogP contribution in [0.25, 0.3) is 0 Å². The molecular formula is C20H32O3. The first-order valence-corrected chi connectivity index (χ1v) is 9.47. The predicted octanol–water partition coefficient (Wildman–Crippen LogP) is 3.03. The summed E-state index contributed by atoms with van der Waals surface area (Å²) in [6, 6.07) is 0. The topological polar surface area (TPSA) is 60.7 Å². The van der Waals surface area contributed by atoms with E-state index in [-0.39, 0.29) is 23.0 Å². The zero-order valence-electron chi connectivity index (χ0n) is 14.8. The standard InChI is InChI=1S/C20H32O3/c1-18-8-6-13(21)10-12(18)4-5-14-15-7-9-20(3,23)19(15,2)11-16(22)17(14)18/h4,13-17,21-23H,5-11H2,1-3H3/t13-,14-,15-,16+,17+,18-,19-,20+/m0/s1. The zero-order chi connectivity index (χ0) is 16.6. The quantitative estimate of drug-likeness (QED) is 0.601. The van der Waals surface area contributed by atoms with Gasteiger partial charge in [-0.25, -0.2) is 0 Å². The summed E-state index contributed by atoms with van der Waals surface area (Å²) in [5.41, 5.74) is 0.600. The van der Waals surface area contributed by atoms with Gasteiger partial charge in [-0.1, -0.05) is 25.5 Å². The Morgan fingerprint density at radius 1 is 1.09 bits per heavy atom. The number of hydrogen-bond donors (Lipinski definition) is 3. The van der Waals surface area contributed by atoms with Gasteiger partial charge in [-0.2, -0.15) is 0 Å². The molecule has 3 fully saturated rings. The first kappa shape index (κ1) is 16.1. The van der Waals surface area contributed by atoms with Crippen LogP contribution in [-0.4, -0.2) is 33.1 Å². The third-order valence-corrected chi connectivity index (χ3v) is 8.57. The van der Waals surface area contributed by atoms with Gasteiger partial charge in [0.1, 0.15) is 0 Å². The minimum absolute atomic E-state index is 0.0390. The molecule has 0 aliphatic heterocycles. The molecule has 0 saturated heterocycles. The summed E-state index contributed by atoms with van der Waals surface area (Å²) in [4.78, 5) is 0. The molecule has 8 atom stereocenters. The Labute approximate surface area is 139 Å². The van der Waals surface area contributed by atoms with E-state index in [1.54, 1.807) is 0 Å². The Morgan fingerprint density at radius 3 is 2.57 bits per heavy atom. The number of fused-ring (bicyclic) bond motifs is 5. The van der Waals surface area contributed by atoms with Crippen LogP contribution in [0.3, 0.4) is 0 Å². The van der Waals surface area contributed by atoms with E-state index in [4.69, 9.17) is 0 Å². The van der Waals surface area contributed by atoms with Gasteiger partial charge in [-0.05, 0) is 75.0 Å². The molecule has 3 nitrogen and oxygen atoms in total. The molecule has 0 heterocycles. The largest absolute Gasteiger partial charge is 0.393 e. The molecule has 4 rings (SSSR count). The van der Waals surface area contributed by atoms with E-state index in [2.05, 4.69) is 19.9 Å². The summed E-state index contributed by atoms with van der Waals surface area (Å²) in [5.74, 6) is 1.27. The fourth-order valence-corrected chi connectivity index (χ4v) is 6.99. The minimum atomic E-state index is -0.655. The summed E-state index contributed by atoms with van der Waals surface area (Å²) in [6.07, 6.45) is 8.11. The van der Waals surface area contributed by atoms with Crippen LogP contribution in [0, 0.1) is 28.6 Å². The molecule has 4 aliphatic rings. The third kappa shape index (κ3) is 1.99. The number of aliphatic hydroxyl groups is 3. The molecule has 4 aliphatic carbocycles. The lowest BCUT2D eigenvalue weighted by molar-refractivity contribution is -0.162. The molecule has 130 valence electrons. The van der Waals surface area contributed by atoms with E-state index >= 15 is 0 Å². The van der Waals surface area contributed by atoms with Gasteiger partial charge in [-0.3, -0.25) is 0 Å². The number of allylic oxidation sites excluding steroid dienone is 1. The van der Waals surface area contributed by atoms with Crippen molar-refractivity contribution in [1.82, 2.24) is 0 Å². The molecule has 3 N–H and O–H groups in total. The number of rotatable bonds is 0. The SMILES string of the molecule is C[C@]12CC[C@H](O)CC1=CC[C@@H]1[C@@H]2[C@H](O)C[C@@]2(C)[C@H]1CC[C@@]2(C)O. The van der Waals surface area contributed by atoms with Crippen LogP contribution >= 0.6 is 0 Å². The van der Waals surface area contributed by atoms with Crippen molar-refractivity contribution in [2.75, 3.05) is 0 Å². The van der Waals surface area contributed by atoms with Crippen molar-refractivity contribution in [1.29, 1.82) is 0 Å². The maximum absolute atomic E-state index is 11.1. The first-order valence-electron chi connectivity index (χ1n) is 9.47. The van der Waals surface area contributed by atoms with E-state index in [0.29, 0.717) is 17.8 Å². The molecule has 0 spiro atoms. The van der Waals surface area contributed by atoms with Crippen molar-refractivity contribution in [3.05, 3.63) is 11.6 Å². The van der Waals surface area contributed by atoms with Crippen molar-refractivity contribution in [3.8, 4) is 0 Å². The second-order valence-corrected chi connectivity index (χ2v) is 9.58. The summed E-state index contributed by atoms with van der Waals surface area (Å²) >= 11 is 0. The van der Waals surface area contributed by atoms with Crippen LogP contribution < -0.4 is 0 Å². The highest BCUT2D eigenvalue weighted by atomic mass is 16.3. The van der Waals surface area contributed by atoms with E-state index in [1.807, 2.05) is 6.92 Å². The smallest absolute Gasteiger partial charge is 0.0676 e. The van der Waals surface area contributed by atoms with E-state index in [1.165, 1.54) is 5.57 Å². The molecule has 0 unspecified atom stereocenters. The van der Waals surface area contributed by atoms with E-state index < -0.39 is 5.60 Å². The normalized spacial score (nSPS) is 58.9. The Kier molecular flexibility index (Phi) is 3.38. The zero-order valence-corrected chi connectivity index (χ0v) is 14.8. The van der Waals surface area contributed by atoms with Crippen LogP contribution in [-0.2, 0) is 0 Å². The minimum Gasteiger partial charge on any atom is -0.393 e. The van der Waals surface area contributed by atoms with Gasteiger partial charge in [0.05, 0.1) is 17.8 Å². The highest BCUT2D eigenvalue weighted by Crippen LogP contribution is 2.66. The molecule has 0 aromatic carbocycles. The lowest BCUT2D eigenvalue weighted by Crippen LogP contribution is -2.59. The lowest BCUT2D eigenvalue weighted by Gasteiger charge is -2.60. The molecular weight excluding hydrogens is 288 g/mol. The molecule has 23 heavy (non-hydrogen) atoms. The average molecular weight is 320 g/mol. The first-order chi connectivity index (χ1) is 10.7. The van der Waals surface area contributed by atoms with Gasteiger partial charge in [0.15, 0.2) is 0 Å². The van der Waals surface area contributed by atoms with Crippen LogP contribution in [0.5, 0.6) is 0 Å². The van der Waals surface area contributed by atoms with E-state index in [0.717, 1.165) is 44.9 Å². The second kappa shape index (κ2) is 4.83. The highest BCUT2D eigenvalue weighted by molar-refractivity contribution is 5.27. The summed E-state index contributed by atoms with van der Waals surface area (Å²) in [5, 5.41) is 32.1. The van der Waals surface area contributed by atoms with E-state index in [9.17, 15) is 15.3 Å². The second-order valence-electron chi connectivity index (χ2n) is 9.58. The van der Waals surface area contributed by atoms with Crippen LogP contribution in [0.15, 0.2) is 11.6 Å². The Hall–Kier alpha value is -0.380. The van der Waals surface area contributed by atoms with Gasteiger partial charge in [0.2, 0.25) is 0 Å². The molecule has 0 bridgehead atoms. The average Bonchev–Trinajstić information content (AvgIpc) is 2.69. The number of aliphatic hydroxyl groups excluding tert-OH is 2. The van der Waals surface area contributed by atoms with Gasteiger partial charge in [-0.15, -0.1) is 0 Å².